The number of aldehydes is 1. The Kier molecular flexibility index (Phi) is 4.28. The Morgan fingerprint density at radius 3 is 2.74 bits per heavy atom. The highest BCUT2D eigenvalue weighted by molar-refractivity contribution is 5.99. The largest absolute Gasteiger partial charge is 0.485 e. The van der Waals surface area contributed by atoms with Gasteiger partial charge in [-0.3, -0.25) is 9.59 Å². The molecule has 0 unspecified atom stereocenters. The molecule has 0 aliphatic carbocycles. The van der Waals surface area contributed by atoms with E-state index in [0.29, 0.717) is 35.9 Å². The van der Waals surface area contributed by atoms with E-state index in [9.17, 15) is 9.59 Å². The molecular weight excluding hydrogens is 294 g/mol. The SMILES string of the molecule is CCN1C(=O)COc2c(OCc3ccccc3)cc(C=O)cc21. The van der Waals surface area contributed by atoms with Crippen molar-refractivity contribution in [3.8, 4) is 11.5 Å². The molecule has 0 aromatic heterocycles. The third-order valence-electron chi connectivity index (χ3n) is 3.68. The normalized spacial score (nSPS) is 13.3. The fourth-order valence-corrected chi connectivity index (χ4v) is 2.56. The summed E-state index contributed by atoms with van der Waals surface area (Å²) < 4.78 is 11.4. The van der Waals surface area contributed by atoms with Gasteiger partial charge in [0, 0.05) is 12.1 Å². The van der Waals surface area contributed by atoms with E-state index in [1.165, 1.54) is 0 Å². The van der Waals surface area contributed by atoms with Gasteiger partial charge in [-0.2, -0.15) is 0 Å². The van der Waals surface area contributed by atoms with Crippen LogP contribution >= 0.6 is 0 Å². The first-order chi connectivity index (χ1) is 11.2. The van der Waals surface area contributed by atoms with Gasteiger partial charge in [0.15, 0.2) is 18.1 Å². The fraction of sp³-hybridized carbons (Fsp3) is 0.222. The highest BCUT2D eigenvalue weighted by atomic mass is 16.5. The number of benzene rings is 2. The smallest absolute Gasteiger partial charge is 0.265 e. The summed E-state index contributed by atoms with van der Waals surface area (Å²) >= 11 is 0. The van der Waals surface area contributed by atoms with Crippen LogP contribution in [0, 0.1) is 0 Å². The average molecular weight is 311 g/mol. The molecule has 1 amide bonds. The summed E-state index contributed by atoms with van der Waals surface area (Å²) in [5.74, 6) is 0.851. The molecule has 0 N–H and O–H groups in total. The number of carbonyl (C=O) groups excluding carboxylic acids is 2. The Hall–Kier alpha value is -2.82. The van der Waals surface area contributed by atoms with Gasteiger partial charge in [-0.25, -0.2) is 0 Å². The van der Waals surface area contributed by atoms with Crippen molar-refractivity contribution in [3.05, 3.63) is 53.6 Å². The van der Waals surface area contributed by atoms with Crippen molar-refractivity contribution in [1.29, 1.82) is 0 Å². The van der Waals surface area contributed by atoms with Gasteiger partial charge in [-0.05, 0) is 24.6 Å². The first-order valence-electron chi connectivity index (χ1n) is 7.46. The molecule has 0 bridgehead atoms. The molecule has 1 aliphatic heterocycles. The molecule has 23 heavy (non-hydrogen) atoms. The van der Waals surface area contributed by atoms with Crippen LogP contribution in [0.3, 0.4) is 0 Å². The number of anilines is 1. The minimum Gasteiger partial charge on any atom is -0.485 e. The molecule has 0 saturated carbocycles. The second-order valence-corrected chi connectivity index (χ2v) is 5.19. The van der Waals surface area contributed by atoms with Crippen LogP contribution in [0.15, 0.2) is 42.5 Å². The van der Waals surface area contributed by atoms with E-state index in [0.717, 1.165) is 11.8 Å². The number of rotatable bonds is 5. The molecule has 0 saturated heterocycles. The summed E-state index contributed by atoms with van der Waals surface area (Å²) in [4.78, 5) is 24.7. The zero-order valence-electron chi connectivity index (χ0n) is 12.8. The second kappa shape index (κ2) is 6.52. The van der Waals surface area contributed by atoms with Crippen molar-refractivity contribution in [2.24, 2.45) is 0 Å². The number of hydrogen-bond acceptors (Lipinski definition) is 4. The summed E-state index contributed by atoms with van der Waals surface area (Å²) in [5.41, 5.74) is 2.04. The van der Waals surface area contributed by atoms with Crippen LogP contribution < -0.4 is 14.4 Å². The Morgan fingerprint density at radius 2 is 2.04 bits per heavy atom. The maximum absolute atomic E-state index is 12.0. The van der Waals surface area contributed by atoms with E-state index >= 15 is 0 Å². The lowest BCUT2D eigenvalue weighted by Crippen LogP contribution is -2.38. The molecule has 2 aromatic carbocycles. The fourth-order valence-electron chi connectivity index (χ4n) is 2.56. The average Bonchev–Trinajstić information content (AvgIpc) is 2.60. The number of ether oxygens (including phenoxy) is 2. The standard InChI is InChI=1S/C18H17NO4/c1-2-19-15-8-14(10-20)9-16(18(15)23-12-17(19)21)22-11-13-6-4-3-5-7-13/h3-10H,2,11-12H2,1H3. The third-order valence-corrected chi connectivity index (χ3v) is 3.68. The lowest BCUT2D eigenvalue weighted by Gasteiger charge is -2.29. The Labute approximate surface area is 134 Å². The van der Waals surface area contributed by atoms with Gasteiger partial charge < -0.3 is 14.4 Å². The number of likely N-dealkylation sites (N-methyl/N-ethyl adjacent to an activating group) is 1. The van der Waals surface area contributed by atoms with Gasteiger partial charge >= 0.3 is 0 Å². The number of nitrogens with zero attached hydrogens (tertiary/aromatic N) is 1. The van der Waals surface area contributed by atoms with E-state index in [4.69, 9.17) is 9.47 Å². The minimum absolute atomic E-state index is 0.0248. The van der Waals surface area contributed by atoms with Crippen LogP contribution in [0.5, 0.6) is 11.5 Å². The zero-order valence-corrected chi connectivity index (χ0v) is 12.8. The number of amides is 1. The van der Waals surface area contributed by atoms with Crippen LogP contribution in [-0.2, 0) is 11.4 Å². The molecule has 2 aromatic rings. The summed E-state index contributed by atoms with van der Waals surface area (Å²) in [7, 11) is 0. The molecular formula is C18H17NO4. The summed E-state index contributed by atoms with van der Waals surface area (Å²) in [5, 5.41) is 0. The number of carbonyl (C=O) groups is 2. The number of hydrogen-bond donors (Lipinski definition) is 0. The first-order valence-corrected chi connectivity index (χ1v) is 7.46. The van der Waals surface area contributed by atoms with Crippen LogP contribution in [0.1, 0.15) is 22.8 Å². The van der Waals surface area contributed by atoms with Gasteiger partial charge in [0.25, 0.3) is 5.91 Å². The van der Waals surface area contributed by atoms with Gasteiger partial charge in [0.2, 0.25) is 0 Å². The van der Waals surface area contributed by atoms with Crippen molar-refractivity contribution >= 4 is 17.9 Å². The van der Waals surface area contributed by atoms with Gasteiger partial charge in [-0.15, -0.1) is 0 Å². The lowest BCUT2D eigenvalue weighted by molar-refractivity contribution is -0.121. The Morgan fingerprint density at radius 1 is 1.26 bits per heavy atom. The predicted molar refractivity (Wildman–Crippen MR) is 86.1 cm³/mol. The van der Waals surface area contributed by atoms with Crippen molar-refractivity contribution in [3.63, 3.8) is 0 Å². The van der Waals surface area contributed by atoms with Crippen molar-refractivity contribution in [1.82, 2.24) is 0 Å². The molecule has 1 heterocycles. The van der Waals surface area contributed by atoms with E-state index < -0.39 is 0 Å². The Balaban J connectivity index is 1.95. The second-order valence-electron chi connectivity index (χ2n) is 5.19. The van der Waals surface area contributed by atoms with E-state index in [2.05, 4.69) is 0 Å². The quantitative estimate of drug-likeness (QED) is 0.797. The van der Waals surface area contributed by atoms with Gasteiger partial charge in [-0.1, -0.05) is 30.3 Å². The monoisotopic (exact) mass is 311 g/mol. The van der Waals surface area contributed by atoms with Crippen LogP contribution in [0.4, 0.5) is 5.69 Å². The molecule has 0 spiro atoms. The van der Waals surface area contributed by atoms with Crippen LogP contribution in [-0.4, -0.2) is 25.3 Å². The van der Waals surface area contributed by atoms with E-state index in [-0.39, 0.29) is 12.5 Å². The van der Waals surface area contributed by atoms with Crippen LogP contribution in [0.2, 0.25) is 0 Å². The highest BCUT2D eigenvalue weighted by Crippen LogP contribution is 2.41. The first kappa shape index (κ1) is 15.1. The molecule has 3 rings (SSSR count). The minimum atomic E-state index is -0.128. The highest BCUT2D eigenvalue weighted by Gasteiger charge is 2.28. The lowest BCUT2D eigenvalue weighted by atomic mass is 10.1. The molecule has 118 valence electrons. The van der Waals surface area contributed by atoms with E-state index in [1.807, 2.05) is 37.3 Å². The van der Waals surface area contributed by atoms with Crippen molar-refractivity contribution in [2.45, 2.75) is 13.5 Å². The third kappa shape index (κ3) is 3.04. The van der Waals surface area contributed by atoms with Crippen LogP contribution in [0.25, 0.3) is 0 Å². The maximum atomic E-state index is 12.0. The predicted octanol–water partition coefficient (Wildman–Crippen LogP) is 2.82. The Bertz CT molecular complexity index is 727. The zero-order chi connectivity index (χ0) is 16.2. The molecule has 5 nitrogen and oxygen atoms in total. The van der Waals surface area contributed by atoms with Crippen molar-refractivity contribution in [2.75, 3.05) is 18.1 Å². The molecule has 0 fully saturated rings. The summed E-state index contributed by atoms with van der Waals surface area (Å²) in [6.07, 6.45) is 0.739. The van der Waals surface area contributed by atoms with Gasteiger partial charge in [0.05, 0.1) is 5.69 Å². The molecule has 1 aliphatic rings. The summed E-state index contributed by atoms with van der Waals surface area (Å²) in [6, 6.07) is 13.0. The summed E-state index contributed by atoms with van der Waals surface area (Å²) in [6.45, 7) is 2.72. The topological polar surface area (TPSA) is 55.8 Å². The van der Waals surface area contributed by atoms with Gasteiger partial charge in [0.1, 0.15) is 12.9 Å². The van der Waals surface area contributed by atoms with E-state index in [1.54, 1.807) is 17.0 Å². The van der Waals surface area contributed by atoms with Crippen molar-refractivity contribution < 1.29 is 19.1 Å². The molecule has 0 atom stereocenters. The molecule has 0 radical (unpaired) electrons. The number of fused-ring (bicyclic) bond motifs is 1. The maximum Gasteiger partial charge on any atom is 0.265 e. The molecule has 5 heteroatoms.